The molecular weight excluding hydrogens is 237 g/mol. The van der Waals surface area contributed by atoms with Crippen LogP contribution < -0.4 is 5.32 Å². The Morgan fingerprint density at radius 1 is 1.50 bits per heavy atom. The van der Waals surface area contributed by atoms with Crippen LogP contribution in [0.1, 0.15) is 18.6 Å². The van der Waals surface area contributed by atoms with Crippen LogP contribution >= 0.6 is 0 Å². The first kappa shape index (κ1) is 14.6. The molecule has 1 atom stereocenters. The molecule has 1 unspecified atom stereocenters. The van der Waals surface area contributed by atoms with Gasteiger partial charge in [0.25, 0.3) is 0 Å². The van der Waals surface area contributed by atoms with Crippen molar-refractivity contribution in [3.8, 4) is 0 Å². The minimum atomic E-state index is -0.369. The van der Waals surface area contributed by atoms with Gasteiger partial charge in [-0.2, -0.15) is 0 Å². The molecule has 1 aromatic carbocycles. The molecule has 0 fully saturated rings. The predicted molar refractivity (Wildman–Crippen MR) is 65.7 cm³/mol. The van der Waals surface area contributed by atoms with Crippen molar-refractivity contribution in [1.82, 2.24) is 5.32 Å². The first-order chi connectivity index (χ1) is 8.67. The van der Waals surface area contributed by atoms with Crippen LogP contribution in [0.4, 0.5) is 4.39 Å². The van der Waals surface area contributed by atoms with Crippen LogP contribution in [-0.4, -0.2) is 32.8 Å². The number of benzene rings is 1. The summed E-state index contributed by atoms with van der Waals surface area (Å²) in [5.74, 6) is -0.537. The van der Waals surface area contributed by atoms with Crippen molar-refractivity contribution in [1.29, 1.82) is 0 Å². The number of rotatable bonds is 7. The molecular formula is C13H18FNO3. The average molecular weight is 255 g/mol. The van der Waals surface area contributed by atoms with Gasteiger partial charge in [-0.05, 0) is 24.6 Å². The topological polar surface area (TPSA) is 47.6 Å². The van der Waals surface area contributed by atoms with Crippen molar-refractivity contribution < 1.29 is 18.7 Å². The lowest BCUT2D eigenvalue weighted by molar-refractivity contribution is -0.126. The van der Waals surface area contributed by atoms with E-state index in [1.54, 1.807) is 12.1 Å². The van der Waals surface area contributed by atoms with Gasteiger partial charge in [0.05, 0.1) is 6.10 Å². The molecule has 0 aliphatic carbocycles. The van der Waals surface area contributed by atoms with Crippen LogP contribution in [0, 0.1) is 5.82 Å². The van der Waals surface area contributed by atoms with Crippen molar-refractivity contribution in [3.05, 3.63) is 35.6 Å². The molecule has 0 saturated carbocycles. The van der Waals surface area contributed by atoms with E-state index in [2.05, 4.69) is 5.32 Å². The second-order valence-corrected chi connectivity index (χ2v) is 3.72. The minimum absolute atomic E-state index is 0.0239. The van der Waals surface area contributed by atoms with Crippen LogP contribution in [0.2, 0.25) is 0 Å². The van der Waals surface area contributed by atoms with Crippen LogP contribution in [0.15, 0.2) is 24.3 Å². The van der Waals surface area contributed by atoms with Gasteiger partial charge < -0.3 is 14.8 Å². The van der Waals surface area contributed by atoms with Crippen molar-refractivity contribution in [3.63, 3.8) is 0 Å². The number of carbonyl (C=O) groups is 1. The summed E-state index contributed by atoms with van der Waals surface area (Å²) in [5, 5.41) is 2.68. The summed E-state index contributed by atoms with van der Waals surface area (Å²) in [6.07, 6.45) is -0.369. The molecule has 1 aromatic rings. The third-order valence-electron chi connectivity index (χ3n) is 2.43. The van der Waals surface area contributed by atoms with E-state index >= 15 is 0 Å². The van der Waals surface area contributed by atoms with Gasteiger partial charge in [0.2, 0.25) is 5.91 Å². The first-order valence-electron chi connectivity index (χ1n) is 5.80. The van der Waals surface area contributed by atoms with E-state index in [0.717, 1.165) is 0 Å². The molecule has 0 radical (unpaired) electrons. The zero-order valence-corrected chi connectivity index (χ0v) is 10.6. The summed E-state index contributed by atoms with van der Waals surface area (Å²) >= 11 is 0. The van der Waals surface area contributed by atoms with Crippen LogP contribution in [0.3, 0.4) is 0 Å². The van der Waals surface area contributed by atoms with Crippen LogP contribution in [-0.2, 0) is 14.3 Å². The Labute approximate surface area is 106 Å². The van der Waals surface area contributed by atoms with E-state index in [1.165, 1.54) is 19.2 Å². The van der Waals surface area contributed by atoms with Gasteiger partial charge in [0, 0.05) is 20.3 Å². The number of ether oxygens (including phenoxy) is 2. The molecule has 100 valence electrons. The molecule has 5 heteroatoms. The molecule has 1 amide bonds. The molecule has 0 aliphatic heterocycles. The summed E-state index contributed by atoms with van der Waals surface area (Å²) in [6, 6.07) is 6.12. The Hall–Kier alpha value is -1.46. The van der Waals surface area contributed by atoms with E-state index in [4.69, 9.17) is 9.47 Å². The normalized spacial score (nSPS) is 12.2. The summed E-state index contributed by atoms with van der Waals surface area (Å²) in [4.78, 5) is 11.4. The highest BCUT2D eigenvalue weighted by molar-refractivity contribution is 5.77. The van der Waals surface area contributed by atoms with Gasteiger partial charge in [0.15, 0.2) is 0 Å². The van der Waals surface area contributed by atoms with Gasteiger partial charge in [-0.3, -0.25) is 4.79 Å². The van der Waals surface area contributed by atoms with E-state index < -0.39 is 0 Å². The van der Waals surface area contributed by atoms with Gasteiger partial charge in [-0.15, -0.1) is 0 Å². The maximum atomic E-state index is 13.1. The molecule has 0 spiro atoms. The number of methoxy groups -OCH3 is 1. The van der Waals surface area contributed by atoms with Crippen molar-refractivity contribution >= 4 is 5.91 Å². The molecule has 0 aliphatic rings. The second-order valence-electron chi connectivity index (χ2n) is 3.72. The SMILES string of the molecule is CCOCC(=O)NCC(OC)c1cccc(F)c1. The number of hydrogen-bond donors (Lipinski definition) is 1. The Morgan fingerprint density at radius 3 is 2.89 bits per heavy atom. The Bertz CT molecular complexity index is 384. The molecule has 4 nitrogen and oxygen atoms in total. The Kier molecular flexibility index (Phi) is 6.32. The monoisotopic (exact) mass is 255 g/mol. The van der Waals surface area contributed by atoms with Gasteiger partial charge in [-0.25, -0.2) is 4.39 Å². The average Bonchev–Trinajstić information content (AvgIpc) is 2.37. The predicted octanol–water partition coefficient (Wildman–Crippen LogP) is 1.67. The molecule has 0 heterocycles. The van der Waals surface area contributed by atoms with Crippen LogP contribution in [0.5, 0.6) is 0 Å². The summed E-state index contributed by atoms with van der Waals surface area (Å²) < 4.78 is 23.3. The fourth-order valence-corrected chi connectivity index (χ4v) is 1.50. The fourth-order valence-electron chi connectivity index (χ4n) is 1.50. The minimum Gasteiger partial charge on any atom is -0.375 e. The van der Waals surface area contributed by atoms with Gasteiger partial charge in [0.1, 0.15) is 12.4 Å². The Balaban J connectivity index is 2.50. The van der Waals surface area contributed by atoms with E-state index in [0.29, 0.717) is 12.2 Å². The van der Waals surface area contributed by atoms with Gasteiger partial charge >= 0.3 is 0 Å². The third-order valence-corrected chi connectivity index (χ3v) is 2.43. The second kappa shape index (κ2) is 7.79. The van der Waals surface area contributed by atoms with Crippen molar-refractivity contribution in [2.45, 2.75) is 13.0 Å². The smallest absolute Gasteiger partial charge is 0.246 e. The highest BCUT2D eigenvalue weighted by Gasteiger charge is 2.12. The van der Waals surface area contributed by atoms with Crippen molar-refractivity contribution in [2.24, 2.45) is 0 Å². The molecule has 1 N–H and O–H groups in total. The van der Waals surface area contributed by atoms with E-state index in [9.17, 15) is 9.18 Å². The lowest BCUT2D eigenvalue weighted by Gasteiger charge is -2.16. The quantitative estimate of drug-likeness (QED) is 0.806. The molecule has 0 bridgehead atoms. The summed E-state index contributed by atoms with van der Waals surface area (Å²) in [5.41, 5.74) is 0.689. The number of hydrogen-bond acceptors (Lipinski definition) is 3. The zero-order chi connectivity index (χ0) is 13.4. The molecule has 18 heavy (non-hydrogen) atoms. The summed E-state index contributed by atoms with van der Waals surface area (Å²) in [6.45, 7) is 2.62. The van der Waals surface area contributed by atoms with Crippen molar-refractivity contribution in [2.75, 3.05) is 26.9 Å². The molecule has 0 aromatic heterocycles. The zero-order valence-electron chi connectivity index (χ0n) is 10.6. The maximum Gasteiger partial charge on any atom is 0.246 e. The third kappa shape index (κ3) is 4.81. The summed E-state index contributed by atoms with van der Waals surface area (Å²) in [7, 11) is 1.52. The number of halogens is 1. The maximum absolute atomic E-state index is 13.1. The standard InChI is InChI=1S/C13H18FNO3/c1-3-18-9-13(16)15-8-12(17-2)10-5-4-6-11(14)7-10/h4-7,12H,3,8-9H2,1-2H3,(H,15,16). The van der Waals surface area contributed by atoms with Gasteiger partial charge in [-0.1, -0.05) is 12.1 Å². The lowest BCUT2D eigenvalue weighted by Crippen LogP contribution is -2.32. The largest absolute Gasteiger partial charge is 0.375 e. The highest BCUT2D eigenvalue weighted by Crippen LogP contribution is 2.16. The number of nitrogens with one attached hydrogen (secondary N) is 1. The lowest BCUT2D eigenvalue weighted by atomic mass is 10.1. The van der Waals surface area contributed by atoms with Crippen LogP contribution in [0.25, 0.3) is 0 Å². The highest BCUT2D eigenvalue weighted by atomic mass is 19.1. The van der Waals surface area contributed by atoms with E-state index in [1.807, 2.05) is 6.92 Å². The number of carbonyl (C=O) groups excluding carboxylic acids is 1. The Morgan fingerprint density at radius 2 is 2.28 bits per heavy atom. The number of amides is 1. The molecule has 1 rings (SSSR count). The fraction of sp³-hybridized carbons (Fsp3) is 0.462. The first-order valence-corrected chi connectivity index (χ1v) is 5.80. The van der Waals surface area contributed by atoms with E-state index in [-0.39, 0.29) is 31.0 Å². The molecule has 0 saturated heterocycles.